The molecule has 18 heavy (non-hydrogen) atoms. The Morgan fingerprint density at radius 1 is 1.06 bits per heavy atom. The van der Waals surface area contributed by atoms with Gasteiger partial charge in [-0.25, -0.2) is 4.79 Å². The molecule has 0 radical (unpaired) electrons. The van der Waals surface area contributed by atoms with Crippen molar-refractivity contribution in [2.75, 3.05) is 0 Å². The summed E-state index contributed by atoms with van der Waals surface area (Å²) in [5, 5.41) is 0. The lowest BCUT2D eigenvalue weighted by atomic mass is 9.83. The highest BCUT2D eigenvalue weighted by Crippen LogP contribution is 2.29. The highest BCUT2D eigenvalue weighted by molar-refractivity contribution is 5.78. The van der Waals surface area contributed by atoms with E-state index in [1.165, 1.54) is 11.1 Å². The smallest absolute Gasteiger partial charge is 0.295 e. The van der Waals surface area contributed by atoms with E-state index in [-0.39, 0.29) is 11.1 Å². The molecular formula is C15H22N2O. The Morgan fingerprint density at radius 2 is 1.56 bits per heavy atom. The van der Waals surface area contributed by atoms with Gasteiger partial charge in [-0.05, 0) is 35.1 Å². The maximum Gasteiger partial charge on any atom is 0.328 e. The molecule has 0 bridgehead atoms. The summed E-state index contributed by atoms with van der Waals surface area (Å²) in [6.45, 7) is 8.81. The first kappa shape index (κ1) is 12.9. The lowest BCUT2D eigenvalue weighted by Gasteiger charge is -2.23. The summed E-state index contributed by atoms with van der Waals surface area (Å²) in [4.78, 5) is 12.0. The van der Waals surface area contributed by atoms with E-state index in [1.54, 1.807) is 9.13 Å². The fourth-order valence-electron chi connectivity index (χ4n) is 2.58. The van der Waals surface area contributed by atoms with E-state index in [0.717, 1.165) is 17.5 Å². The molecule has 2 rings (SSSR count). The third kappa shape index (κ3) is 1.78. The molecule has 2 aromatic rings. The standard InChI is InChI=1S/C15H22N2O/c1-7-10-8-12-13(9-11(10)15(2,3)4)17(6)14(18)16(12)5/h8-9H,7H2,1-6H3. The van der Waals surface area contributed by atoms with Gasteiger partial charge in [0.15, 0.2) is 0 Å². The molecule has 0 unspecified atom stereocenters. The van der Waals surface area contributed by atoms with Gasteiger partial charge in [0.05, 0.1) is 11.0 Å². The number of aryl methyl sites for hydroxylation is 3. The molecule has 1 aromatic heterocycles. The number of fused-ring (bicyclic) bond motifs is 1. The number of hydrogen-bond acceptors (Lipinski definition) is 1. The van der Waals surface area contributed by atoms with Gasteiger partial charge in [0.2, 0.25) is 0 Å². The second-order valence-electron chi connectivity index (χ2n) is 6.00. The molecule has 0 amide bonds. The maximum absolute atomic E-state index is 12.0. The van der Waals surface area contributed by atoms with E-state index in [2.05, 4.69) is 39.8 Å². The van der Waals surface area contributed by atoms with E-state index in [9.17, 15) is 4.79 Å². The topological polar surface area (TPSA) is 26.9 Å². The van der Waals surface area contributed by atoms with Crippen LogP contribution in [-0.2, 0) is 25.9 Å². The minimum Gasteiger partial charge on any atom is -0.295 e. The summed E-state index contributed by atoms with van der Waals surface area (Å²) in [6.07, 6.45) is 0.992. The zero-order valence-electron chi connectivity index (χ0n) is 12.2. The van der Waals surface area contributed by atoms with Gasteiger partial charge in [-0.1, -0.05) is 27.7 Å². The van der Waals surface area contributed by atoms with Crippen LogP contribution in [-0.4, -0.2) is 9.13 Å². The number of aromatic nitrogens is 2. The molecule has 0 saturated carbocycles. The van der Waals surface area contributed by atoms with Crippen LogP contribution in [0.3, 0.4) is 0 Å². The molecule has 0 aliphatic heterocycles. The van der Waals surface area contributed by atoms with Crippen LogP contribution >= 0.6 is 0 Å². The predicted molar refractivity (Wildman–Crippen MR) is 76.2 cm³/mol. The maximum atomic E-state index is 12.0. The molecule has 98 valence electrons. The van der Waals surface area contributed by atoms with Crippen molar-refractivity contribution >= 4 is 11.0 Å². The van der Waals surface area contributed by atoms with Crippen LogP contribution in [0.15, 0.2) is 16.9 Å². The van der Waals surface area contributed by atoms with E-state index in [1.807, 2.05) is 14.1 Å². The van der Waals surface area contributed by atoms with Crippen LogP contribution in [0.4, 0.5) is 0 Å². The fraction of sp³-hybridized carbons (Fsp3) is 0.533. The Kier molecular flexibility index (Phi) is 2.88. The van der Waals surface area contributed by atoms with Crippen molar-refractivity contribution in [2.24, 2.45) is 14.1 Å². The molecule has 0 atom stereocenters. The average molecular weight is 246 g/mol. The quantitative estimate of drug-likeness (QED) is 0.760. The summed E-state index contributed by atoms with van der Waals surface area (Å²) < 4.78 is 3.45. The molecule has 0 saturated heterocycles. The van der Waals surface area contributed by atoms with Gasteiger partial charge in [-0.3, -0.25) is 9.13 Å². The lowest BCUT2D eigenvalue weighted by molar-refractivity contribution is 0.584. The Labute approximate surface area is 108 Å². The van der Waals surface area contributed by atoms with Crippen molar-refractivity contribution in [3.8, 4) is 0 Å². The van der Waals surface area contributed by atoms with Gasteiger partial charge in [-0.2, -0.15) is 0 Å². The van der Waals surface area contributed by atoms with Gasteiger partial charge in [-0.15, -0.1) is 0 Å². The first-order chi connectivity index (χ1) is 8.27. The van der Waals surface area contributed by atoms with Crippen molar-refractivity contribution < 1.29 is 0 Å². The summed E-state index contributed by atoms with van der Waals surface area (Å²) in [5.74, 6) is 0. The minimum atomic E-state index is 0.0399. The lowest BCUT2D eigenvalue weighted by Crippen LogP contribution is -2.19. The van der Waals surface area contributed by atoms with Crippen LogP contribution in [0.2, 0.25) is 0 Å². The van der Waals surface area contributed by atoms with E-state index in [0.29, 0.717) is 0 Å². The van der Waals surface area contributed by atoms with Gasteiger partial charge in [0.1, 0.15) is 0 Å². The number of rotatable bonds is 1. The summed E-state index contributed by atoms with van der Waals surface area (Å²) >= 11 is 0. The van der Waals surface area contributed by atoms with Crippen molar-refractivity contribution in [3.63, 3.8) is 0 Å². The van der Waals surface area contributed by atoms with Gasteiger partial charge in [0, 0.05) is 14.1 Å². The van der Waals surface area contributed by atoms with Gasteiger partial charge >= 0.3 is 5.69 Å². The van der Waals surface area contributed by atoms with Crippen molar-refractivity contribution in [1.29, 1.82) is 0 Å². The SMILES string of the molecule is CCc1cc2c(cc1C(C)(C)C)n(C)c(=O)n2C. The molecule has 1 heterocycles. The second-order valence-corrected chi connectivity index (χ2v) is 6.00. The summed E-state index contributed by atoms with van der Waals surface area (Å²) in [5.41, 5.74) is 4.84. The third-order valence-corrected chi connectivity index (χ3v) is 3.69. The molecule has 0 aliphatic carbocycles. The Hall–Kier alpha value is -1.51. The van der Waals surface area contributed by atoms with Crippen molar-refractivity contribution in [2.45, 2.75) is 39.5 Å². The summed E-state index contributed by atoms with van der Waals surface area (Å²) in [6, 6.07) is 4.34. The minimum absolute atomic E-state index is 0.0399. The third-order valence-electron chi connectivity index (χ3n) is 3.69. The van der Waals surface area contributed by atoms with Gasteiger partial charge in [0.25, 0.3) is 0 Å². The molecule has 1 aromatic carbocycles. The van der Waals surface area contributed by atoms with Crippen LogP contribution in [0, 0.1) is 0 Å². The Balaban J connectivity index is 2.91. The van der Waals surface area contributed by atoms with Crippen molar-refractivity contribution in [3.05, 3.63) is 33.7 Å². The predicted octanol–water partition coefficient (Wildman–Crippen LogP) is 2.74. The van der Waals surface area contributed by atoms with E-state index >= 15 is 0 Å². The first-order valence-electron chi connectivity index (χ1n) is 6.46. The first-order valence-corrected chi connectivity index (χ1v) is 6.46. The van der Waals surface area contributed by atoms with E-state index < -0.39 is 0 Å². The molecular weight excluding hydrogens is 224 g/mol. The highest BCUT2D eigenvalue weighted by atomic mass is 16.1. The zero-order chi connectivity index (χ0) is 13.7. The largest absolute Gasteiger partial charge is 0.328 e. The van der Waals surface area contributed by atoms with Crippen LogP contribution in [0.25, 0.3) is 11.0 Å². The second kappa shape index (κ2) is 4.01. The fourth-order valence-corrected chi connectivity index (χ4v) is 2.58. The number of imidazole rings is 1. The van der Waals surface area contributed by atoms with E-state index in [4.69, 9.17) is 0 Å². The summed E-state index contributed by atoms with van der Waals surface area (Å²) in [7, 11) is 3.67. The zero-order valence-corrected chi connectivity index (χ0v) is 12.2. The van der Waals surface area contributed by atoms with Crippen molar-refractivity contribution in [1.82, 2.24) is 9.13 Å². The van der Waals surface area contributed by atoms with Crippen LogP contribution < -0.4 is 5.69 Å². The number of hydrogen-bond donors (Lipinski definition) is 0. The molecule has 0 fully saturated rings. The van der Waals surface area contributed by atoms with Gasteiger partial charge < -0.3 is 0 Å². The molecule has 0 aliphatic rings. The normalized spacial score (nSPS) is 12.3. The number of benzene rings is 1. The van der Waals surface area contributed by atoms with Crippen LogP contribution in [0.1, 0.15) is 38.8 Å². The molecule has 0 spiro atoms. The monoisotopic (exact) mass is 246 g/mol. The average Bonchev–Trinajstić information content (AvgIpc) is 2.52. The van der Waals surface area contributed by atoms with Crippen LogP contribution in [0.5, 0.6) is 0 Å². The molecule has 0 N–H and O–H groups in total. The Morgan fingerprint density at radius 3 is 2.00 bits per heavy atom. The number of nitrogens with zero attached hydrogens (tertiary/aromatic N) is 2. The highest BCUT2D eigenvalue weighted by Gasteiger charge is 2.20. The molecule has 3 heteroatoms. The molecule has 3 nitrogen and oxygen atoms in total. The Bertz CT molecular complexity index is 654.